The van der Waals surface area contributed by atoms with Crippen LogP contribution in [-0.4, -0.2) is 10.1 Å². The maximum absolute atomic E-state index is 6.34. The Morgan fingerprint density at radius 1 is 1.09 bits per heavy atom. The first-order valence-electron chi connectivity index (χ1n) is 8.02. The minimum Gasteiger partial charge on any atom is -0.338 e. The zero-order valence-electron chi connectivity index (χ0n) is 12.5. The number of benzene rings is 1. The Morgan fingerprint density at radius 2 is 1.86 bits per heavy atom. The van der Waals surface area contributed by atoms with Crippen LogP contribution in [0.1, 0.15) is 62.2 Å². The van der Waals surface area contributed by atoms with E-state index in [1.807, 2.05) is 18.2 Å². The van der Waals surface area contributed by atoms with Gasteiger partial charge in [0.1, 0.15) is 0 Å². The normalized spacial score (nSPS) is 22.5. The molecule has 2 aliphatic rings. The van der Waals surface area contributed by atoms with Gasteiger partial charge in [-0.1, -0.05) is 41.7 Å². The number of hydrogen-bond donors (Lipinski definition) is 1. The standard InChI is InChI=1S/C17H20ClN3O/c18-13-6-3-5-12(11-13)16(7-1-2-8-16)15-20-14(21-22-15)17(19)9-4-10-17/h3,5-6,11H,1-2,4,7-10,19H2. The Balaban J connectivity index is 1.76. The van der Waals surface area contributed by atoms with E-state index in [9.17, 15) is 0 Å². The van der Waals surface area contributed by atoms with Crippen molar-refractivity contribution in [3.63, 3.8) is 0 Å². The molecule has 4 nitrogen and oxygen atoms in total. The van der Waals surface area contributed by atoms with E-state index in [1.165, 1.54) is 5.56 Å². The number of rotatable bonds is 3. The lowest BCUT2D eigenvalue weighted by Gasteiger charge is -2.34. The number of hydrogen-bond acceptors (Lipinski definition) is 4. The molecule has 22 heavy (non-hydrogen) atoms. The van der Waals surface area contributed by atoms with Crippen LogP contribution in [0.2, 0.25) is 5.02 Å². The van der Waals surface area contributed by atoms with Gasteiger partial charge < -0.3 is 10.3 Å². The van der Waals surface area contributed by atoms with E-state index in [0.717, 1.165) is 50.0 Å². The molecule has 5 heteroatoms. The summed E-state index contributed by atoms with van der Waals surface area (Å²) >= 11 is 6.20. The van der Waals surface area contributed by atoms with Crippen molar-refractivity contribution in [1.82, 2.24) is 10.1 Å². The highest BCUT2D eigenvalue weighted by Crippen LogP contribution is 2.47. The zero-order chi connectivity index (χ0) is 15.2. The summed E-state index contributed by atoms with van der Waals surface area (Å²) in [6.45, 7) is 0. The van der Waals surface area contributed by atoms with Crippen LogP contribution in [0.5, 0.6) is 0 Å². The van der Waals surface area contributed by atoms with Crippen LogP contribution in [0.3, 0.4) is 0 Å². The van der Waals surface area contributed by atoms with Crippen molar-refractivity contribution in [2.45, 2.75) is 55.9 Å². The Kier molecular flexibility index (Phi) is 3.27. The largest absolute Gasteiger partial charge is 0.338 e. The number of nitrogens with zero attached hydrogens (tertiary/aromatic N) is 2. The predicted octanol–water partition coefficient (Wildman–Crippen LogP) is 3.92. The van der Waals surface area contributed by atoms with Crippen molar-refractivity contribution >= 4 is 11.6 Å². The minimum absolute atomic E-state index is 0.198. The average Bonchev–Trinajstić information content (AvgIpc) is 3.14. The first-order chi connectivity index (χ1) is 10.6. The van der Waals surface area contributed by atoms with Gasteiger partial charge >= 0.3 is 0 Å². The zero-order valence-corrected chi connectivity index (χ0v) is 13.3. The van der Waals surface area contributed by atoms with Gasteiger partial charge in [-0.3, -0.25) is 0 Å². The van der Waals surface area contributed by atoms with Crippen LogP contribution in [0.4, 0.5) is 0 Å². The summed E-state index contributed by atoms with van der Waals surface area (Å²) in [5.41, 5.74) is 6.93. The highest BCUT2D eigenvalue weighted by atomic mass is 35.5. The van der Waals surface area contributed by atoms with Crippen LogP contribution in [0.15, 0.2) is 28.8 Å². The molecule has 2 aromatic rings. The molecule has 0 atom stereocenters. The Bertz CT molecular complexity index is 687. The van der Waals surface area contributed by atoms with Crippen molar-refractivity contribution in [3.8, 4) is 0 Å². The second-order valence-corrected chi connectivity index (χ2v) is 7.17. The van der Waals surface area contributed by atoms with Gasteiger partial charge in [0, 0.05) is 5.02 Å². The van der Waals surface area contributed by atoms with E-state index < -0.39 is 0 Å². The molecular formula is C17H20ClN3O. The van der Waals surface area contributed by atoms with Gasteiger partial charge in [0.15, 0.2) is 5.82 Å². The molecule has 116 valence electrons. The van der Waals surface area contributed by atoms with E-state index in [2.05, 4.69) is 11.2 Å². The third kappa shape index (κ3) is 2.09. The summed E-state index contributed by atoms with van der Waals surface area (Å²) in [5.74, 6) is 1.38. The van der Waals surface area contributed by atoms with Crippen molar-refractivity contribution in [2.24, 2.45) is 5.73 Å². The molecule has 0 bridgehead atoms. The highest BCUT2D eigenvalue weighted by Gasteiger charge is 2.45. The maximum Gasteiger partial charge on any atom is 0.237 e. The van der Waals surface area contributed by atoms with Crippen molar-refractivity contribution < 1.29 is 4.52 Å². The van der Waals surface area contributed by atoms with Gasteiger partial charge in [-0.15, -0.1) is 0 Å². The number of nitrogens with two attached hydrogens (primary N) is 1. The Morgan fingerprint density at radius 3 is 2.50 bits per heavy atom. The second kappa shape index (κ2) is 5.07. The van der Waals surface area contributed by atoms with Crippen LogP contribution >= 0.6 is 11.6 Å². The Hall–Kier alpha value is -1.39. The third-order valence-electron chi connectivity index (χ3n) is 5.36. The Labute approximate surface area is 135 Å². The smallest absolute Gasteiger partial charge is 0.237 e. The SMILES string of the molecule is NC1(c2noc(C3(c4cccc(Cl)c4)CCCC3)n2)CCC1. The lowest BCUT2D eigenvalue weighted by atomic mass is 9.76. The maximum atomic E-state index is 6.34. The molecule has 0 aliphatic heterocycles. The topological polar surface area (TPSA) is 64.9 Å². The molecule has 0 saturated heterocycles. The monoisotopic (exact) mass is 317 g/mol. The first-order valence-corrected chi connectivity index (χ1v) is 8.40. The molecule has 0 unspecified atom stereocenters. The minimum atomic E-state index is -0.379. The fourth-order valence-corrected chi connectivity index (χ4v) is 3.98. The summed E-state index contributed by atoms with van der Waals surface area (Å²) < 4.78 is 5.68. The van der Waals surface area contributed by atoms with Crippen LogP contribution < -0.4 is 5.73 Å². The molecule has 2 N–H and O–H groups in total. The predicted molar refractivity (Wildman–Crippen MR) is 84.7 cm³/mol. The second-order valence-electron chi connectivity index (χ2n) is 6.73. The molecule has 2 fully saturated rings. The lowest BCUT2D eigenvalue weighted by molar-refractivity contribution is 0.227. The molecule has 0 radical (unpaired) electrons. The summed E-state index contributed by atoms with van der Waals surface area (Å²) in [5, 5.41) is 4.95. The fraction of sp³-hybridized carbons (Fsp3) is 0.529. The molecular weight excluding hydrogens is 298 g/mol. The summed E-state index contributed by atoms with van der Waals surface area (Å²) in [6.07, 6.45) is 7.39. The van der Waals surface area contributed by atoms with Crippen LogP contribution in [-0.2, 0) is 11.0 Å². The van der Waals surface area contributed by atoms with Gasteiger partial charge in [-0.25, -0.2) is 0 Å². The quantitative estimate of drug-likeness (QED) is 0.931. The van der Waals surface area contributed by atoms with Gasteiger partial charge in [0.25, 0.3) is 0 Å². The molecule has 2 aliphatic carbocycles. The molecule has 1 aromatic heterocycles. The molecule has 1 aromatic carbocycles. The van der Waals surface area contributed by atoms with Crippen molar-refractivity contribution in [2.75, 3.05) is 0 Å². The number of halogens is 1. The van der Waals surface area contributed by atoms with Crippen LogP contribution in [0.25, 0.3) is 0 Å². The first kappa shape index (κ1) is 14.2. The summed E-state index contributed by atoms with van der Waals surface area (Å²) in [4.78, 5) is 4.72. The van der Waals surface area contributed by atoms with Crippen molar-refractivity contribution in [1.29, 1.82) is 0 Å². The molecule has 4 rings (SSSR count). The summed E-state index contributed by atoms with van der Waals surface area (Å²) in [7, 11) is 0. The molecule has 2 saturated carbocycles. The van der Waals surface area contributed by atoms with E-state index in [4.69, 9.17) is 26.8 Å². The molecule has 0 amide bonds. The van der Waals surface area contributed by atoms with Crippen molar-refractivity contribution in [3.05, 3.63) is 46.6 Å². The van der Waals surface area contributed by atoms with E-state index in [0.29, 0.717) is 11.7 Å². The van der Waals surface area contributed by atoms with Gasteiger partial charge in [-0.2, -0.15) is 4.98 Å². The van der Waals surface area contributed by atoms with E-state index >= 15 is 0 Å². The summed E-state index contributed by atoms with van der Waals surface area (Å²) in [6, 6.07) is 8.03. The third-order valence-corrected chi connectivity index (χ3v) is 5.60. The van der Waals surface area contributed by atoms with E-state index in [1.54, 1.807) is 0 Å². The molecule has 0 spiro atoms. The molecule has 1 heterocycles. The lowest BCUT2D eigenvalue weighted by Crippen LogP contribution is -2.44. The average molecular weight is 318 g/mol. The van der Waals surface area contributed by atoms with Crippen LogP contribution in [0, 0.1) is 0 Å². The van der Waals surface area contributed by atoms with Gasteiger partial charge in [-0.05, 0) is 49.8 Å². The fourth-order valence-electron chi connectivity index (χ4n) is 3.79. The highest BCUT2D eigenvalue weighted by molar-refractivity contribution is 6.30. The number of aromatic nitrogens is 2. The van der Waals surface area contributed by atoms with E-state index in [-0.39, 0.29) is 11.0 Å². The van der Waals surface area contributed by atoms with Gasteiger partial charge in [0.05, 0.1) is 11.0 Å². The van der Waals surface area contributed by atoms with Gasteiger partial charge in [0.2, 0.25) is 5.89 Å².